The molecule has 7 heteroatoms. The zero-order valence-electron chi connectivity index (χ0n) is 16.8. The number of carbonyl (C=O) groups excluding carboxylic acids is 2. The van der Waals surface area contributed by atoms with E-state index in [9.17, 15) is 9.59 Å². The van der Waals surface area contributed by atoms with E-state index in [4.69, 9.17) is 16.3 Å². The van der Waals surface area contributed by atoms with Crippen molar-refractivity contribution in [2.24, 2.45) is 0 Å². The number of amides is 2. The van der Waals surface area contributed by atoms with Gasteiger partial charge in [-0.2, -0.15) is 0 Å². The third-order valence-electron chi connectivity index (χ3n) is 4.96. The zero-order valence-corrected chi connectivity index (χ0v) is 17.5. The van der Waals surface area contributed by atoms with Crippen molar-refractivity contribution in [2.75, 3.05) is 43.0 Å². The lowest BCUT2D eigenvalue weighted by atomic mass is 10.2. The lowest BCUT2D eigenvalue weighted by molar-refractivity contribution is -0.131. The van der Waals surface area contributed by atoms with Gasteiger partial charge in [0, 0.05) is 37.6 Å². The number of nitrogens with one attached hydrogen (secondary N) is 1. The Hall–Kier alpha value is -2.73. The van der Waals surface area contributed by atoms with Gasteiger partial charge in [-0.1, -0.05) is 36.7 Å². The number of benzene rings is 2. The number of para-hydroxylation sites is 1. The molecule has 29 heavy (non-hydrogen) atoms. The molecular formula is C22H26ClN3O3. The van der Waals surface area contributed by atoms with Crippen molar-refractivity contribution in [3.8, 4) is 5.75 Å². The van der Waals surface area contributed by atoms with Gasteiger partial charge in [0.15, 0.2) is 6.61 Å². The Bertz CT molecular complexity index is 879. The maximum absolute atomic E-state index is 12.5. The van der Waals surface area contributed by atoms with E-state index in [1.807, 2.05) is 49.1 Å². The van der Waals surface area contributed by atoms with Gasteiger partial charge in [-0.05, 0) is 36.8 Å². The fourth-order valence-corrected chi connectivity index (χ4v) is 3.52. The highest BCUT2D eigenvalue weighted by Gasteiger charge is 2.22. The summed E-state index contributed by atoms with van der Waals surface area (Å²) >= 11 is 6.16. The monoisotopic (exact) mass is 415 g/mol. The van der Waals surface area contributed by atoms with E-state index in [1.165, 1.54) is 0 Å². The minimum atomic E-state index is -0.253. The first-order chi connectivity index (χ1) is 14.0. The summed E-state index contributed by atoms with van der Waals surface area (Å²) in [7, 11) is 0. The summed E-state index contributed by atoms with van der Waals surface area (Å²) in [6.45, 7) is 6.46. The predicted molar refractivity (Wildman–Crippen MR) is 116 cm³/mol. The minimum Gasteiger partial charge on any atom is -0.483 e. The molecule has 0 saturated carbocycles. The van der Waals surface area contributed by atoms with Crippen LogP contribution in [0.2, 0.25) is 5.02 Å². The summed E-state index contributed by atoms with van der Waals surface area (Å²) in [6.07, 6.45) is 0.517. The number of hydrogen-bond acceptors (Lipinski definition) is 4. The molecule has 3 rings (SSSR count). The second-order valence-electron chi connectivity index (χ2n) is 6.99. The van der Waals surface area contributed by atoms with Gasteiger partial charge in [-0.15, -0.1) is 0 Å². The Morgan fingerprint density at radius 3 is 2.52 bits per heavy atom. The second-order valence-corrected chi connectivity index (χ2v) is 7.42. The molecule has 0 bridgehead atoms. The molecule has 0 aromatic heterocycles. The smallest absolute Gasteiger partial charge is 0.262 e. The van der Waals surface area contributed by atoms with Gasteiger partial charge in [0.2, 0.25) is 5.91 Å². The number of halogens is 1. The molecule has 1 N–H and O–H groups in total. The summed E-state index contributed by atoms with van der Waals surface area (Å²) in [5.74, 6) is 0.602. The Labute approximate surface area is 176 Å². The molecule has 2 amide bonds. The SMILES string of the molecule is CCC(=O)N1CCN(c2ccc(Cl)cc2NC(=O)COc2ccccc2C)CC1. The fraction of sp³-hybridized carbons (Fsp3) is 0.364. The Morgan fingerprint density at radius 2 is 1.83 bits per heavy atom. The second kappa shape index (κ2) is 9.65. The first-order valence-electron chi connectivity index (χ1n) is 9.78. The van der Waals surface area contributed by atoms with E-state index in [0.717, 1.165) is 11.3 Å². The molecule has 1 saturated heterocycles. The zero-order chi connectivity index (χ0) is 20.8. The van der Waals surface area contributed by atoms with Crippen LogP contribution in [0.5, 0.6) is 5.75 Å². The number of anilines is 2. The van der Waals surface area contributed by atoms with Crippen LogP contribution in [0, 0.1) is 6.92 Å². The molecule has 0 unspecified atom stereocenters. The first kappa shape index (κ1) is 21.0. The molecular weight excluding hydrogens is 390 g/mol. The van der Waals surface area contributed by atoms with E-state index in [0.29, 0.717) is 49.1 Å². The van der Waals surface area contributed by atoms with Crippen molar-refractivity contribution < 1.29 is 14.3 Å². The van der Waals surface area contributed by atoms with Crippen molar-refractivity contribution >= 4 is 34.8 Å². The molecule has 1 aliphatic heterocycles. The molecule has 2 aromatic rings. The average molecular weight is 416 g/mol. The topological polar surface area (TPSA) is 61.9 Å². The number of piperazine rings is 1. The van der Waals surface area contributed by atoms with Crippen LogP contribution < -0.4 is 15.0 Å². The number of ether oxygens (including phenoxy) is 1. The Morgan fingerprint density at radius 1 is 1.10 bits per heavy atom. The number of aryl methyl sites for hydroxylation is 1. The number of nitrogens with zero attached hydrogens (tertiary/aromatic N) is 2. The van der Waals surface area contributed by atoms with Crippen LogP contribution in [0.4, 0.5) is 11.4 Å². The van der Waals surface area contributed by atoms with Crippen LogP contribution >= 0.6 is 11.6 Å². The van der Waals surface area contributed by atoms with Crippen LogP contribution in [0.25, 0.3) is 0 Å². The third-order valence-corrected chi connectivity index (χ3v) is 5.20. The molecule has 0 radical (unpaired) electrons. The van der Waals surface area contributed by atoms with Gasteiger partial charge in [0.25, 0.3) is 5.91 Å². The highest BCUT2D eigenvalue weighted by atomic mass is 35.5. The summed E-state index contributed by atoms with van der Waals surface area (Å²) < 4.78 is 5.64. The van der Waals surface area contributed by atoms with Crippen LogP contribution in [-0.4, -0.2) is 49.5 Å². The van der Waals surface area contributed by atoms with Crippen molar-refractivity contribution in [1.29, 1.82) is 0 Å². The molecule has 0 atom stereocenters. The van der Waals surface area contributed by atoms with Crippen molar-refractivity contribution in [2.45, 2.75) is 20.3 Å². The Kier molecular flexibility index (Phi) is 6.99. The standard InChI is InChI=1S/C22H26ClN3O3/c1-3-22(28)26-12-10-25(11-13-26)19-9-8-17(23)14-18(19)24-21(27)15-29-20-7-5-4-6-16(20)2/h4-9,14H,3,10-13,15H2,1-2H3,(H,24,27). The van der Waals surface area contributed by atoms with Crippen LogP contribution in [0.15, 0.2) is 42.5 Å². The maximum Gasteiger partial charge on any atom is 0.262 e. The minimum absolute atomic E-state index is 0.0877. The van der Waals surface area contributed by atoms with E-state index in [1.54, 1.807) is 12.1 Å². The van der Waals surface area contributed by atoms with Crippen molar-refractivity contribution in [1.82, 2.24) is 4.90 Å². The van der Waals surface area contributed by atoms with Crippen molar-refractivity contribution in [3.63, 3.8) is 0 Å². The van der Waals surface area contributed by atoms with E-state index < -0.39 is 0 Å². The van der Waals surface area contributed by atoms with Gasteiger partial charge < -0.3 is 19.9 Å². The van der Waals surface area contributed by atoms with Crippen LogP contribution in [-0.2, 0) is 9.59 Å². The van der Waals surface area contributed by atoms with Gasteiger partial charge >= 0.3 is 0 Å². The highest BCUT2D eigenvalue weighted by Crippen LogP contribution is 2.30. The predicted octanol–water partition coefficient (Wildman–Crippen LogP) is 3.72. The highest BCUT2D eigenvalue weighted by molar-refractivity contribution is 6.31. The normalized spacial score (nSPS) is 13.9. The lowest BCUT2D eigenvalue weighted by Crippen LogP contribution is -2.48. The van der Waals surface area contributed by atoms with Gasteiger partial charge in [0.1, 0.15) is 5.75 Å². The van der Waals surface area contributed by atoms with Crippen LogP contribution in [0.3, 0.4) is 0 Å². The van der Waals surface area contributed by atoms with Gasteiger partial charge in [0.05, 0.1) is 11.4 Å². The largest absolute Gasteiger partial charge is 0.483 e. The van der Waals surface area contributed by atoms with E-state index in [-0.39, 0.29) is 18.4 Å². The lowest BCUT2D eigenvalue weighted by Gasteiger charge is -2.37. The number of hydrogen-bond donors (Lipinski definition) is 1. The van der Waals surface area contributed by atoms with E-state index in [2.05, 4.69) is 10.2 Å². The summed E-state index contributed by atoms with van der Waals surface area (Å²) in [6, 6.07) is 13.0. The van der Waals surface area contributed by atoms with Crippen LogP contribution in [0.1, 0.15) is 18.9 Å². The molecule has 2 aromatic carbocycles. The molecule has 0 spiro atoms. The first-order valence-corrected chi connectivity index (χ1v) is 10.2. The molecule has 1 heterocycles. The quantitative estimate of drug-likeness (QED) is 0.781. The molecule has 0 aliphatic carbocycles. The fourth-order valence-electron chi connectivity index (χ4n) is 3.35. The van der Waals surface area contributed by atoms with Gasteiger partial charge in [-0.3, -0.25) is 9.59 Å². The molecule has 154 valence electrons. The molecule has 1 aliphatic rings. The summed E-state index contributed by atoms with van der Waals surface area (Å²) in [5.41, 5.74) is 2.51. The molecule has 1 fully saturated rings. The number of carbonyl (C=O) groups is 2. The van der Waals surface area contributed by atoms with E-state index >= 15 is 0 Å². The van der Waals surface area contributed by atoms with Crippen molar-refractivity contribution in [3.05, 3.63) is 53.1 Å². The number of rotatable bonds is 6. The summed E-state index contributed by atoms with van der Waals surface area (Å²) in [4.78, 5) is 28.4. The maximum atomic E-state index is 12.5. The average Bonchev–Trinajstić information content (AvgIpc) is 2.73. The Balaban J connectivity index is 1.65. The summed E-state index contributed by atoms with van der Waals surface area (Å²) in [5, 5.41) is 3.46. The van der Waals surface area contributed by atoms with Gasteiger partial charge in [-0.25, -0.2) is 0 Å². The third kappa shape index (κ3) is 5.41. The molecule has 6 nitrogen and oxygen atoms in total.